The number of aromatic nitrogens is 2. The Labute approximate surface area is 166 Å². The van der Waals surface area contributed by atoms with E-state index in [2.05, 4.69) is 0 Å². The average molecular weight is 399 g/mol. The van der Waals surface area contributed by atoms with E-state index in [4.69, 9.17) is 4.98 Å². The van der Waals surface area contributed by atoms with E-state index in [1.165, 1.54) is 22.3 Å². The number of carbonyl (C=O) groups excluding carboxylic acids is 1. The van der Waals surface area contributed by atoms with E-state index in [9.17, 15) is 14.0 Å². The van der Waals surface area contributed by atoms with Gasteiger partial charge in [0.1, 0.15) is 16.5 Å². The van der Waals surface area contributed by atoms with E-state index in [1.54, 1.807) is 36.7 Å². The molecule has 0 saturated heterocycles. The maximum atomic E-state index is 13.9. The number of rotatable bonds is 3. The Morgan fingerprint density at radius 2 is 2.07 bits per heavy atom. The Balaban J connectivity index is 1.72. The molecule has 1 aliphatic rings. The minimum atomic E-state index is -0.334. The van der Waals surface area contributed by atoms with Crippen molar-refractivity contribution in [3.05, 3.63) is 62.3 Å². The second-order valence-corrected chi connectivity index (χ2v) is 8.28. The first-order valence-electron chi connectivity index (χ1n) is 9.49. The van der Waals surface area contributed by atoms with Crippen LogP contribution in [0.5, 0.6) is 0 Å². The van der Waals surface area contributed by atoms with Crippen LogP contribution >= 0.6 is 11.3 Å². The molecule has 4 rings (SSSR count). The third-order valence-corrected chi connectivity index (χ3v) is 6.49. The summed E-state index contributed by atoms with van der Waals surface area (Å²) in [5.74, 6) is 0.261. The van der Waals surface area contributed by atoms with Gasteiger partial charge in [0.05, 0.1) is 10.3 Å². The van der Waals surface area contributed by atoms with Crippen LogP contribution in [0.25, 0.3) is 10.2 Å². The number of hydrogen-bond acceptors (Lipinski definition) is 4. The highest BCUT2D eigenvalue weighted by atomic mass is 32.1. The predicted octanol–water partition coefficient (Wildman–Crippen LogP) is 3.90. The van der Waals surface area contributed by atoms with Crippen molar-refractivity contribution in [3.63, 3.8) is 0 Å². The van der Waals surface area contributed by atoms with Crippen molar-refractivity contribution in [2.24, 2.45) is 0 Å². The van der Waals surface area contributed by atoms with Crippen LogP contribution in [-0.2, 0) is 19.5 Å². The molecule has 0 bridgehead atoms. The summed E-state index contributed by atoms with van der Waals surface area (Å²) < 4.78 is 15.7. The number of benzene rings is 1. The first kappa shape index (κ1) is 18.8. The summed E-state index contributed by atoms with van der Waals surface area (Å²) >= 11 is 1.26. The van der Waals surface area contributed by atoms with Crippen molar-refractivity contribution < 1.29 is 9.18 Å². The molecule has 5 nitrogen and oxygen atoms in total. The van der Waals surface area contributed by atoms with E-state index in [0.717, 1.165) is 31.5 Å². The molecule has 146 valence electrons. The van der Waals surface area contributed by atoms with Crippen molar-refractivity contribution in [3.8, 4) is 0 Å². The second kappa shape index (κ2) is 7.47. The third kappa shape index (κ3) is 3.24. The maximum absolute atomic E-state index is 13.9. The molecule has 2 aromatic heterocycles. The van der Waals surface area contributed by atoms with Gasteiger partial charge in [0.25, 0.3) is 11.5 Å². The zero-order valence-corrected chi connectivity index (χ0v) is 16.8. The fourth-order valence-corrected chi connectivity index (χ4v) is 4.93. The van der Waals surface area contributed by atoms with Crippen LogP contribution in [0, 0.1) is 12.7 Å². The summed E-state index contributed by atoms with van der Waals surface area (Å²) in [7, 11) is 1.65. The van der Waals surface area contributed by atoms with E-state index >= 15 is 0 Å². The first-order valence-corrected chi connectivity index (χ1v) is 10.3. The fraction of sp³-hybridized carbons (Fsp3) is 0.381. The molecule has 0 N–H and O–H groups in total. The Kier molecular flexibility index (Phi) is 5.02. The zero-order chi connectivity index (χ0) is 19.8. The van der Waals surface area contributed by atoms with E-state index < -0.39 is 0 Å². The van der Waals surface area contributed by atoms with Crippen molar-refractivity contribution in [2.45, 2.75) is 45.7 Å². The topological polar surface area (TPSA) is 55.2 Å². The van der Waals surface area contributed by atoms with Crippen LogP contribution in [0.3, 0.4) is 0 Å². The molecule has 0 radical (unpaired) electrons. The molecule has 0 aliphatic carbocycles. The van der Waals surface area contributed by atoms with Crippen LogP contribution in [0.2, 0.25) is 0 Å². The van der Waals surface area contributed by atoms with Crippen LogP contribution in [0.4, 0.5) is 4.39 Å². The molecule has 0 fully saturated rings. The van der Waals surface area contributed by atoms with Gasteiger partial charge in [-0.15, -0.1) is 11.3 Å². The molecule has 0 spiro atoms. The van der Waals surface area contributed by atoms with Gasteiger partial charge >= 0.3 is 0 Å². The Morgan fingerprint density at radius 1 is 1.29 bits per heavy atom. The minimum absolute atomic E-state index is 0.0496. The van der Waals surface area contributed by atoms with Crippen LogP contribution < -0.4 is 5.56 Å². The molecule has 1 aromatic carbocycles. The van der Waals surface area contributed by atoms with E-state index in [-0.39, 0.29) is 23.8 Å². The largest absolute Gasteiger partial charge is 0.337 e. The number of aryl methyl sites for hydroxylation is 2. The van der Waals surface area contributed by atoms with Crippen LogP contribution in [0.1, 0.15) is 45.9 Å². The smallest absolute Gasteiger partial charge is 0.264 e. The number of amides is 1. The van der Waals surface area contributed by atoms with Crippen molar-refractivity contribution in [1.82, 2.24) is 14.5 Å². The lowest BCUT2D eigenvalue weighted by atomic mass is 10.1. The van der Waals surface area contributed by atoms with Crippen molar-refractivity contribution >= 4 is 27.5 Å². The number of nitrogens with zero attached hydrogens (tertiary/aromatic N) is 3. The number of thiophene rings is 1. The van der Waals surface area contributed by atoms with Gasteiger partial charge in [-0.1, -0.05) is 24.6 Å². The molecule has 28 heavy (non-hydrogen) atoms. The van der Waals surface area contributed by atoms with Crippen LogP contribution in [0.15, 0.2) is 29.1 Å². The number of carbonyl (C=O) groups is 1. The van der Waals surface area contributed by atoms with Gasteiger partial charge in [-0.2, -0.15) is 0 Å². The summed E-state index contributed by atoms with van der Waals surface area (Å²) in [6.45, 7) is 2.65. The van der Waals surface area contributed by atoms with Gasteiger partial charge in [0.15, 0.2) is 0 Å². The summed E-state index contributed by atoms with van der Waals surface area (Å²) in [5, 5.41) is 0.540. The number of fused-ring (bicyclic) bond motifs is 2. The maximum Gasteiger partial charge on any atom is 0.264 e. The summed E-state index contributed by atoms with van der Waals surface area (Å²) in [4.78, 5) is 33.4. The summed E-state index contributed by atoms with van der Waals surface area (Å²) in [6.07, 6.45) is 3.89. The molecule has 7 heteroatoms. The molecule has 1 aliphatic heterocycles. The highest BCUT2D eigenvalue weighted by Crippen LogP contribution is 2.29. The van der Waals surface area contributed by atoms with Crippen LogP contribution in [-0.4, -0.2) is 27.4 Å². The SMILES string of the molecule is Cc1c(C(=O)N(C)Cc2ccccc2F)sc2nc3n(c(=O)c12)CCCCC3. The quantitative estimate of drug-likeness (QED) is 0.671. The monoisotopic (exact) mass is 399 g/mol. The van der Waals surface area contributed by atoms with E-state index in [1.807, 2.05) is 0 Å². The Hall–Kier alpha value is -2.54. The highest BCUT2D eigenvalue weighted by Gasteiger charge is 2.24. The van der Waals surface area contributed by atoms with Crippen molar-refractivity contribution in [2.75, 3.05) is 7.05 Å². The lowest BCUT2D eigenvalue weighted by Crippen LogP contribution is -2.27. The minimum Gasteiger partial charge on any atom is -0.337 e. The molecule has 1 amide bonds. The Morgan fingerprint density at radius 3 is 2.86 bits per heavy atom. The summed E-state index contributed by atoms with van der Waals surface area (Å²) in [6, 6.07) is 6.43. The predicted molar refractivity (Wildman–Crippen MR) is 108 cm³/mol. The standard InChI is InChI=1S/C21H22FN3O2S/c1-13-17-19(23-16-10-4-3-7-11-25(16)20(17)26)28-18(13)21(27)24(2)12-14-8-5-6-9-15(14)22/h5-6,8-9H,3-4,7,10-12H2,1-2H3. The average Bonchev–Trinajstić information content (AvgIpc) is 2.85. The van der Waals surface area contributed by atoms with Gasteiger partial charge in [-0.3, -0.25) is 14.2 Å². The normalized spacial score (nSPS) is 14.0. The summed E-state index contributed by atoms with van der Waals surface area (Å²) in [5.41, 5.74) is 1.08. The third-order valence-electron chi connectivity index (χ3n) is 5.32. The molecule has 3 aromatic rings. The number of hydrogen-bond donors (Lipinski definition) is 0. The fourth-order valence-electron chi connectivity index (χ4n) is 3.74. The molecule has 0 atom stereocenters. The molecule has 0 unspecified atom stereocenters. The lowest BCUT2D eigenvalue weighted by molar-refractivity contribution is 0.0788. The van der Waals surface area contributed by atoms with Gasteiger partial charge in [0.2, 0.25) is 0 Å². The lowest BCUT2D eigenvalue weighted by Gasteiger charge is -2.17. The second-order valence-electron chi connectivity index (χ2n) is 7.28. The van der Waals surface area contributed by atoms with Crippen molar-refractivity contribution in [1.29, 1.82) is 0 Å². The Bertz CT molecular complexity index is 1120. The molecular weight excluding hydrogens is 377 g/mol. The van der Waals surface area contributed by atoms with E-state index in [0.29, 0.717) is 32.8 Å². The molecular formula is C21H22FN3O2S. The highest BCUT2D eigenvalue weighted by molar-refractivity contribution is 7.20. The van der Waals surface area contributed by atoms with Gasteiger partial charge in [-0.05, 0) is 31.4 Å². The molecule has 3 heterocycles. The first-order chi connectivity index (χ1) is 13.5. The van der Waals surface area contributed by atoms with Gasteiger partial charge in [-0.25, -0.2) is 9.37 Å². The van der Waals surface area contributed by atoms with Gasteiger partial charge < -0.3 is 4.90 Å². The molecule has 0 saturated carbocycles. The zero-order valence-electron chi connectivity index (χ0n) is 16.0. The number of halogens is 1. The van der Waals surface area contributed by atoms with Gasteiger partial charge in [0, 0.05) is 32.1 Å².